The standard InChI is InChI=1S/C16H22F2N2O2S/c1-11(14-4-3-12(17)9-15(14)18)10-19-16(21)20(2)13-5-7-23(22)8-6-13/h3-4,9,11,13H,5-8,10H2,1-2H3,(H,19,21)/t11-,13?,23?/m1/s1. The van der Waals surface area contributed by atoms with Crippen molar-refractivity contribution in [2.75, 3.05) is 25.1 Å². The molecular formula is C16H22F2N2O2S. The number of rotatable bonds is 4. The van der Waals surface area contributed by atoms with Crippen LogP contribution in [0.4, 0.5) is 13.6 Å². The van der Waals surface area contributed by atoms with Gasteiger partial charge in [-0.2, -0.15) is 0 Å². The van der Waals surface area contributed by atoms with Crippen molar-refractivity contribution < 1.29 is 17.8 Å². The van der Waals surface area contributed by atoms with Crippen molar-refractivity contribution in [2.24, 2.45) is 0 Å². The fourth-order valence-electron chi connectivity index (χ4n) is 2.71. The third-order valence-electron chi connectivity index (χ3n) is 4.28. The number of hydrogen-bond acceptors (Lipinski definition) is 2. The molecule has 0 aromatic heterocycles. The predicted octanol–water partition coefficient (Wildman–Crippen LogP) is 2.62. The molecule has 23 heavy (non-hydrogen) atoms. The van der Waals surface area contributed by atoms with Crippen molar-refractivity contribution in [2.45, 2.75) is 31.7 Å². The lowest BCUT2D eigenvalue weighted by Gasteiger charge is -2.31. The first-order valence-corrected chi connectivity index (χ1v) is 9.18. The Morgan fingerprint density at radius 2 is 2.04 bits per heavy atom. The average Bonchev–Trinajstić information content (AvgIpc) is 2.52. The topological polar surface area (TPSA) is 49.4 Å². The third kappa shape index (κ3) is 4.73. The lowest BCUT2D eigenvalue weighted by Crippen LogP contribution is -2.46. The molecule has 1 aliphatic heterocycles. The van der Waals surface area contributed by atoms with Crippen molar-refractivity contribution in [3.05, 3.63) is 35.4 Å². The number of carbonyl (C=O) groups excluding carboxylic acids is 1. The summed E-state index contributed by atoms with van der Waals surface area (Å²) in [4.78, 5) is 13.8. The van der Waals surface area contributed by atoms with E-state index in [1.807, 2.05) is 0 Å². The maximum atomic E-state index is 13.7. The summed E-state index contributed by atoms with van der Waals surface area (Å²) in [6, 6.07) is 3.33. The Labute approximate surface area is 137 Å². The molecule has 1 fully saturated rings. The summed E-state index contributed by atoms with van der Waals surface area (Å²) in [5, 5.41) is 2.78. The summed E-state index contributed by atoms with van der Waals surface area (Å²) in [6.45, 7) is 2.05. The van der Waals surface area contributed by atoms with Crippen LogP contribution in [0.1, 0.15) is 31.2 Å². The number of nitrogens with zero attached hydrogens (tertiary/aromatic N) is 1. The van der Waals surface area contributed by atoms with Gasteiger partial charge in [0.2, 0.25) is 0 Å². The largest absolute Gasteiger partial charge is 0.337 e. The fourth-order valence-corrected chi connectivity index (χ4v) is 3.98. The summed E-state index contributed by atoms with van der Waals surface area (Å²) in [5.41, 5.74) is 0.377. The highest BCUT2D eigenvalue weighted by molar-refractivity contribution is 7.85. The molecule has 1 atom stereocenters. The average molecular weight is 344 g/mol. The van der Waals surface area contributed by atoms with Crippen LogP contribution in [0.5, 0.6) is 0 Å². The van der Waals surface area contributed by atoms with Crippen molar-refractivity contribution in [3.63, 3.8) is 0 Å². The van der Waals surface area contributed by atoms with Crippen LogP contribution in [0, 0.1) is 11.6 Å². The van der Waals surface area contributed by atoms with Gasteiger partial charge in [0.1, 0.15) is 11.6 Å². The number of urea groups is 1. The molecule has 1 heterocycles. The van der Waals surface area contributed by atoms with Gasteiger partial charge < -0.3 is 10.2 Å². The van der Waals surface area contributed by atoms with Crippen LogP contribution in [0.15, 0.2) is 18.2 Å². The normalized spacial score (nSPS) is 22.4. The Balaban J connectivity index is 1.86. The maximum Gasteiger partial charge on any atom is 0.317 e. The summed E-state index contributed by atoms with van der Waals surface area (Å²) in [5.74, 6) is -0.225. The van der Waals surface area contributed by atoms with Gasteiger partial charge in [0, 0.05) is 53.9 Å². The van der Waals surface area contributed by atoms with Gasteiger partial charge >= 0.3 is 6.03 Å². The summed E-state index contributed by atoms with van der Waals surface area (Å²) >= 11 is 0. The van der Waals surface area contributed by atoms with Gasteiger partial charge in [-0.05, 0) is 24.5 Å². The van der Waals surface area contributed by atoms with E-state index in [4.69, 9.17) is 0 Å². The third-order valence-corrected chi connectivity index (χ3v) is 5.66. The highest BCUT2D eigenvalue weighted by atomic mass is 32.2. The van der Waals surface area contributed by atoms with Crippen molar-refractivity contribution in [1.29, 1.82) is 0 Å². The van der Waals surface area contributed by atoms with Crippen LogP contribution >= 0.6 is 0 Å². The Hall–Kier alpha value is -1.50. The van der Waals surface area contributed by atoms with Gasteiger partial charge in [0.05, 0.1) is 0 Å². The van der Waals surface area contributed by atoms with E-state index in [9.17, 15) is 17.8 Å². The first kappa shape index (κ1) is 17.8. The lowest BCUT2D eigenvalue weighted by molar-refractivity contribution is 0.185. The maximum absolute atomic E-state index is 13.7. The van der Waals surface area contributed by atoms with Gasteiger partial charge in [0.25, 0.3) is 0 Å². The quantitative estimate of drug-likeness (QED) is 0.913. The Bertz CT molecular complexity index is 587. The minimum absolute atomic E-state index is 0.0885. The van der Waals surface area contributed by atoms with Gasteiger partial charge in [-0.15, -0.1) is 0 Å². The molecule has 1 saturated heterocycles. The van der Waals surface area contributed by atoms with Crippen molar-refractivity contribution in [3.8, 4) is 0 Å². The Kier molecular flexibility index (Phi) is 6.10. The number of amides is 2. The molecule has 7 heteroatoms. The number of benzene rings is 1. The monoisotopic (exact) mass is 344 g/mol. The minimum atomic E-state index is -0.762. The highest BCUT2D eigenvalue weighted by Gasteiger charge is 2.25. The molecule has 1 aliphatic rings. The van der Waals surface area contributed by atoms with Gasteiger partial charge in [0.15, 0.2) is 0 Å². The van der Waals surface area contributed by atoms with E-state index in [1.165, 1.54) is 12.1 Å². The molecule has 1 aromatic rings. The van der Waals surface area contributed by atoms with Crippen molar-refractivity contribution >= 4 is 16.8 Å². The zero-order valence-electron chi connectivity index (χ0n) is 13.4. The zero-order valence-corrected chi connectivity index (χ0v) is 14.2. The summed E-state index contributed by atoms with van der Waals surface area (Å²) in [7, 11) is 0.958. The molecule has 1 N–H and O–H groups in total. The van der Waals surface area contributed by atoms with Crippen LogP contribution in [0.3, 0.4) is 0 Å². The first-order chi connectivity index (χ1) is 10.9. The number of nitrogens with one attached hydrogen (secondary N) is 1. The zero-order chi connectivity index (χ0) is 17.0. The van der Waals surface area contributed by atoms with E-state index in [0.717, 1.165) is 18.9 Å². The molecule has 0 radical (unpaired) electrons. The van der Waals surface area contributed by atoms with Gasteiger partial charge in [-0.25, -0.2) is 13.6 Å². The first-order valence-electron chi connectivity index (χ1n) is 7.69. The molecule has 0 bridgehead atoms. The Morgan fingerprint density at radius 1 is 1.39 bits per heavy atom. The van der Waals surface area contributed by atoms with Gasteiger partial charge in [-0.3, -0.25) is 4.21 Å². The summed E-state index contributed by atoms with van der Waals surface area (Å²) < 4.78 is 38.0. The van der Waals surface area contributed by atoms with Gasteiger partial charge in [-0.1, -0.05) is 13.0 Å². The van der Waals surface area contributed by atoms with Crippen LogP contribution in [0.25, 0.3) is 0 Å². The van der Waals surface area contributed by atoms with E-state index in [1.54, 1.807) is 18.9 Å². The molecule has 0 unspecified atom stereocenters. The number of carbonyl (C=O) groups is 1. The molecule has 2 amide bonds. The molecular weight excluding hydrogens is 322 g/mol. The second-order valence-corrected chi connectivity index (χ2v) is 7.64. The highest BCUT2D eigenvalue weighted by Crippen LogP contribution is 2.19. The number of hydrogen-bond donors (Lipinski definition) is 1. The molecule has 4 nitrogen and oxygen atoms in total. The van der Waals surface area contributed by atoms with E-state index >= 15 is 0 Å². The molecule has 0 spiro atoms. The minimum Gasteiger partial charge on any atom is -0.337 e. The fraction of sp³-hybridized carbons (Fsp3) is 0.562. The number of halogens is 2. The predicted molar refractivity (Wildman–Crippen MR) is 86.8 cm³/mol. The lowest BCUT2D eigenvalue weighted by atomic mass is 10.0. The summed E-state index contributed by atoms with van der Waals surface area (Å²) in [6.07, 6.45) is 1.47. The second-order valence-electron chi connectivity index (χ2n) is 5.94. The molecule has 0 aliphatic carbocycles. The molecule has 0 saturated carbocycles. The molecule has 2 rings (SSSR count). The second kappa shape index (κ2) is 7.86. The molecule has 128 valence electrons. The van der Waals surface area contributed by atoms with Crippen LogP contribution in [-0.4, -0.2) is 46.3 Å². The SMILES string of the molecule is C[C@H](CNC(=O)N(C)C1CCS(=O)CC1)c1ccc(F)cc1F. The van der Waals surface area contributed by atoms with E-state index in [0.29, 0.717) is 17.1 Å². The van der Waals surface area contributed by atoms with Crippen LogP contribution < -0.4 is 5.32 Å². The van der Waals surface area contributed by atoms with E-state index in [2.05, 4.69) is 5.32 Å². The smallest absolute Gasteiger partial charge is 0.317 e. The van der Waals surface area contributed by atoms with E-state index < -0.39 is 22.4 Å². The Morgan fingerprint density at radius 3 is 2.65 bits per heavy atom. The van der Waals surface area contributed by atoms with E-state index in [-0.39, 0.29) is 24.5 Å². The van der Waals surface area contributed by atoms with Crippen molar-refractivity contribution in [1.82, 2.24) is 10.2 Å². The van der Waals surface area contributed by atoms with Crippen LogP contribution in [-0.2, 0) is 10.8 Å². The molecule has 1 aromatic carbocycles. The van der Waals surface area contributed by atoms with Crippen LogP contribution in [0.2, 0.25) is 0 Å².